The molecule has 0 aliphatic carbocycles. The van der Waals surface area contributed by atoms with Crippen LogP contribution in [0, 0.1) is 0 Å². The van der Waals surface area contributed by atoms with Gasteiger partial charge in [0.2, 0.25) is 0 Å². The summed E-state index contributed by atoms with van der Waals surface area (Å²) in [4.78, 5) is 0. The van der Waals surface area contributed by atoms with Crippen LogP contribution in [0.1, 0.15) is 11.6 Å². The van der Waals surface area contributed by atoms with Gasteiger partial charge in [-0.1, -0.05) is 24.3 Å². The Morgan fingerprint density at radius 2 is 2.06 bits per heavy atom. The number of nitrogens with one attached hydrogen (secondary N) is 2. The Hall–Kier alpha value is -1.58. The molecule has 0 radical (unpaired) electrons. The zero-order valence-corrected chi connectivity index (χ0v) is 9.65. The Morgan fingerprint density at radius 3 is 2.82 bits per heavy atom. The highest BCUT2D eigenvalue weighted by atomic mass is 16.3. The Balaban J connectivity index is 1.98. The van der Waals surface area contributed by atoms with E-state index in [4.69, 9.17) is 4.42 Å². The molecule has 2 heterocycles. The smallest absolute Gasteiger partial charge is 0.0981 e. The molecule has 1 aromatic heterocycles. The second-order valence-electron chi connectivity index (χ2n) is 4.31. The molecule has 2 N–H and O–H groups in total. The van der Waals surface area contributed by atoms with Crippen molar-refractivity contribution in [3.05, 3.63) is 48.4 Å². The van der Waals surface area contributed by atoms with Gasteiger partial charge in [-0.3, -0.25) is 0 Å². The van der Waals surface area contributed by atoms with Crippen molar-refractivity contribution in [2.75, 3.05) is 19.6 Å². The van der Waals surface area contributed by atoms with Crippen LogP contribution < -0.4 is 10.6 Å². The molecular formula is C14H16N2O. The largest absolute Gasteiger partial charge is 0.472 e. The summed E-state index contributed by atoms with van der Waals surface area (Å²) >= 11 is 0. The first-order valence-electron chi connectivity index (χ1n) is 6.01. The lowest BCUT2D eigenvalue weighted by atomic mass is 9.95. The number of hydrogen-bond acceptors (Lipinski definition) is 3. The zero-order valence-electron chi connectivity index (χ0n) is 9.65. The van der Waals surface area contributed by atoms with E-state index in [-0.39, 0.29) is 0 Å². The molecule has 1 saturated heterocycles. The van der Waals surface area contributed by atoms with Crippen molar-refractivity contribution in [1.82, 2.24) is 10.6 Å². The Morgan fingerprint density at radius 1 is 1.12 bits per heavy atom. The number of piperazine rings is 1. The minimum absolute atomic E-state index is 0.384. The minimum Gasteiger partial charge on any atom is -0.472 e. The van der Waals surface area contributed by atoms with Crippen LogP contribution in [0.3, 0.4) is 0 Å². The van der Waals surface area contributed by atoms with E-state index in [0.717, 1.165) is 25.2 Å². The molecule has 0 spiro atoms. The van der Waals surface area contributed by atoms with E-state index in [1.807, 2.05) is 6.07 Å². The third-order valence-corrected chi connectivity index (χ3v) is 3.21. The van der Waals surface area contributed by atoms with Crippen LogP contribution >= 0.6 is 0 Å². The molecule has 0 saturated carbocycles. The number of hydrogen-bond donors (Lipinski definition) is 2. The second-order valence-corrected chi connectivity index (χ2v) is 4.31. The molecule has 1 unspecified atom stereocenters. The summed E-state index contributed by atoms with van der Waals surface area (Å²) < 4.78 is 5.18. The monoisotopic (exact) mass is 228 g/mol. The van der Waals surface area contributed by atoms with Gasteiger partial charge in [0, 0.05) is 31.2 Å². The van der Waals surface area contributed by atoms with Crippen LogP contribution in [-0.2, 0) is 0 Å². The third-order valence-electron chi connectivity index (χ3n) is 3.21. The third kappa shape index (κ3) is 2.12. The van der Waals surface area contributed by atoms with Gasteiger partial charge in [0.25, 0.3) is 0 Å². The molecule has 17 heavy (non-hydrogen) atoms. The first-order chi connectivity index (χ1) is 8.45. The van der Waals surface area contributed by atoms with E-state index in [2.05, 4.69) is 34.9 Å². The molecule has 1 aliphatic rings. The average molecular weight is 228 g/mol. The van der Waals surface area contributed by atoms with Gasteiger partial charge in [-0.2, -0.15) is 0 Å². The van der Waals surface area contributed by atoms with Gasteiger partial charge in [-0.05, 0) is 17.2 Å². The van der Waals surface area contributed by atoms with E-state index in [0.29, 0.717) is 6.04 Å². The molecular weight excluding hydrogens is 212 g/mol. The van der Waals surface area contributed by atoms with Crippen LogP contribution in [0.2, 0.25) is 0 Å². The van der Waals surface area contributed by atoms with Crippen molar-refractivity contribution >= 4 is 0 Å². The summed E-state index contributed by atoms with van der Waals surface area (Å²) in [6, 6.07) is 10.9. The topological polar surface area (TPSA) is 37.2 Å². The van der Waals surface area contributed by atoms with Crippen LogP contribution in [0.25, 0.3) is 11.1 Å². The highest BCUT2D eigenvalue weighted by Crippen LogP contribution is 2.28. The van der Waals surface area contributed by atoms with Crippen molar-refractivity contribution < 1.29 is 4.42 Å². The summed E-state index contributed by atoms with van der Waals surface area (Å²) in [6.07, 6.45) is 3.52. The van der Waals surface area contributed by atoms with Gasteiger partial charge in [0.05, 0.1) is 12.5 Å². The van der Waals surface area contributed by atoms with E-state index in [9.17, 15) is 0 Å². The standard InChI is InChI=1S/C14H16N2O/c1-2-4-13(14-9-15-6-7-16-14)12(3-1)11-5-8-17-10-11/h1-5,8,10,14-16H,6-7,9H2. The van der Waals surface area contributed by atoms with Crippen molar-refractivity contribution in [2.45, 2.75) is 6.04 Å². The summed E-state index contributed by atoms with van der Waals surface area (Å²) in [5, 5.41) is 6.96. The van der Waals surface area contributed by atoms with Crippen LogP contribution in [0.4, 0.5) is 0 Å². The summed E-state index contributed by atoms with van der Waals surface area (Å²) in [5.74, 6) is 0. The fourth-order valence-corrected chi connectivity index (χ4v) is 2.35. The molecule has 3 heteroatoms. The van der Waals surface area contributed by atoms with E-state index in [1.165, 1.54) is 11.1 Å². The van der Waals surface area contributed by atoms with Crippen molar-refractivity contribution in [3.8, 4) is 11.1 Å². The predicted molar refractivity (Wildman–Crippen MR) is 67.8 cm³/mol. The van der Waals surface area contributed by atoms with Gasteiger partial charge in [-0.25, -0.2) is 0 Å². The zero-order chi connectivity index (χ0) is 11.5. The van der Waals surface area contributed by atoms with E-state index >= 15 is 0 Å². The lowest BCUT2D eigenvalue weighted by Crippen LogP contribution is -2.42. The molecule has 1 fully saturated rings. The fourth-order valence-electron chi connectivity index (χ4n) is 2.35. The first-order valence-corrected chi connectivity index (χ1v) is 6.01. The SMILES string of the molecule is c1ccc(C2CNCCN2)c(-c2ccoc2)c1. The normalized spacial score (nSPS) is 20.4. The quantitative estimate of drug-likeness (QED) is 0.827. The van der Waals surface area contributed by atoms with Crippen molar-refractivity contribution in [3.63, 3.8) is 0 Å². The number of furan rings is 1. The van der Waals surface area contributed by atoms with Crippen LogP contribution in [0.15, 0.2) is 47.3 Å². The molecule has 1 aromatic carbocycles. The maximum atomic E-state index is 5.18. The molecule has 1 atom stereocenters. The number of benzene rings is 1. The van der Waals surface area contributed by atoms with Gasteiger partial charge in [-0.15, -0.1) is 0 Å². The van der Waals surface area contributed by atoms with E-state index in [1.54, 1.807) is 12.5 Å². The highest BCUT2D eigenvalue weighted by molar-refractivity contribution is 5.67. The summed E-state index contributed by atoms with van der Waals surface area (Å²) in [5.41, 5.74) is 3.73. The van der Waals surface area contributed by atoms with Gasteiger partial charge in [0.1, 0.15) is 0 Å². The lowest BCUT2D eigenvalue weighted by Gasteiger charge is -2.26. The molecule has 0 amide bonds. The van der Waals surface area contributed by atoms with E-state index < -0.39 is 0 Å². The molecule has 88 valence electrons. The number of rotatable bonds is 2. The maximum Gasteiger partial charge on any atom is 0.0981 e. The maximum absolute atomic E-state index is 5.18. The fraction of sp³-hybridized carbons (Fsp3) is 0.286. The van der Waals surface area contributed by atoms with Crippen molar-refractivity contribution in [2.24, 2.45) is 0 Å². The van der Waals surface area contributed by atoms with Gasteiger partial charge < -0.3 is 15.1 Å². The summed E-state index contributed by atoms with van der Waals surface area (Å²) in [6.45, 7) is 3.05. The Kier molecular flexibility index (Phi) is 2.94. The van der Waals surface area contributed by atoms with Crippen molar-refractivity contribution in [1.29, 1.82) is 0 Å². The second kappa shape index (κ2) is 4.73. The molecule has 2 aromatic rings. The minimum atomic E-state index is 0.384. The first kappa shape index (κ1) is 10.6. The summed E-state index contributed by atoms with van der Waals surface area (Å²) in [7, 11) is 0. The molecule has 3 nitrogen and oxygen atoms in total. The Labute approximate surface area is 101 Å². The highest BCUT2D eigenvalue weighted by Gasteiger charge is 2.17. The van der Waals surface area contributed by atoms with Gasteiger partial charge >= 0.3 is 0 Å². The predicted octanol–water partition coefficient (Wildman–Crippen LogP) is 2.18. The van der Waals surface area contributed by atoms with Crippen LogP contribution in [-0.4, -0.2) is 19.6 Å². The lowest BCUT2D eigenvalue weighted by molar-refractivity contribution is 0.431. The van der Waals surface area contributed by atoms with Gasteiger partial charge in [0.15, 0.2) is 0 Å². The molecule has 1 aliphatic heterocycles. The van der Waals surface area contributed by atoms with Crippen LogP contribution in [0.5, 0.6) is 0 Å². The molecule has 3 rings (SSSR count). The Bertz CT molecular complexity index is 473. The average Bonchev–Trinajstić information content (AvgIpc) is 2.94. The molecule has 0 bridgehead atoms.